The minimum absolute atomic E-state index is 0.336. The zero-order valence-electron chi connectivity index (χ0n) is 16.1. The molecular formula is C20H21N3O6. The van der Waals surface area contributed by atoms with E-state index in [9.17, 15) is 9.59 Å². The number of carbonyl (C=O) groups excluding carboxylic acids is 2. The second-order valence-electron chi connectivity index (χ2n) is 5.58. The van der Waals surface area contributed by atoms with Crippen LogP contribution in [-0.2, 0) is 4.79 Å². The Morgan fingerprint density at radius 1 is 1.03 bits per heavy atom. The number of carbonyl (C=O) groups is 2. The van der Waals surface area contributed by atoms with Crippen LogP contribution in [0.1, 0.15) is 21.5 Å². The second-order valence-corrected chi connectivity index (χ2v) is 5.58. The first-order valence-corrected chi connectivity index (χ1v) is 8.38. The number of nitrogens with zero attached hydrogens (tertiary/aromatic N) is 1. The SMILES string of the molecule is COc1cc(OC)c(/C=N/NC(=O)c2cccc(/C=C/C(=O)NO)c2)c(OC)c1. The maximum atomic E-state index is 12.3. The lowest BCUT2D eigenvalue weighted by Crippen LogP contribution is -2.17. The van der Waals surface area contributed by atoms with Gasteiger partial charge in [0.15, 0.2) is 0 Å². The van der Waals surface area contributed by atoms with Gasteiger partial charge in [0.05, 0.1) is 33.1 Å². The summed E-state index contributed by atoms with van der Waals surface area (Å²) in [5.41, 5.74) is 5.38. The molecule has 0 heterocycles. The molecule has 29 heavy (non-hydrogen) atoms. The summed E-state index contributed by atoms with van der Waals surface area (Å²) in [5.74, 6) is 0.364. The molecule has 0 radical (unpaired) electrons. The smallest absolute Gasteiger partial charge is 0.271 e. The van der Waals surface area contributed by atoms with E-state index in [0.717, 1.165) is 6.08 Å². The Hall–Kier alpha value is -3.85. The second kappa shape index (κ2) is 10.5. The maximum absolute atomic E-state index is 12.3. The quantitative estimate of drug-likeness (QED) is 0.270. The van der Waals surface area contributed by atoms with E-state index in [1.807, 2.05) is 0 Å². The fourth-order valence-corrected chi connectivity index (χ4v) is 2.37. The molecule has 0 bridgehead atoms. The monoisotopic (exact) mass is 399 g/mol. The van der Waals surface area contributed by atoms with E-state index in [0.29, 0.717) is 33.9 Å². The fourth-order valence-electron chi connectivity index (χ4n) is 2.37. The van der Waals surface area contributed by atoms with Crippen LogP contribution in [-0.4, -0.2) is 44.6 Å². The molecule has 0 saturated carbocycles. The third-order valence-corrected chi connectivity index (χ3v) is 3.80. The Bertz CT molecular complexity index is 915. The average Bonchev–Trinajstić information content (AvgIpc) is 2.77. The fraction of sp³-hybridized carbons (Fsp3) is 0.150. The normalized spacial score (nSPS) is 10.8. The number of rotatable bonds is 8. The molecule has 0 aliphatic carbocycles. The molecule has 0 unspecified atom stereocenters. The Morgan fingerprint density at radius 2 is 1.72 bits per heavy atom. The van der Waals surface area contributed by atoms with Crippen LogP contribution in [0.15, 0.2) is 47.6 Å². The summed E-state index contributed by atoms with van der Waals surface area (Å²) < 4.78 is 15.8. The predicted octanol–water partition coefficient (Wildman–Crippen LogP) is 1.99. The van der Waals surface area contributed by atoms with Gasteiger partial charge in [0.1, 0.15) is 17.2 Å². The largest absolute Gasteiger partial charge is 0.496 e. The highest BCUT2D eigenvalue weighted by Crippen LogP contribution is 2.32. The molecule has 9 nitrogen and oxygen atoms in total. The van der Waals surface area contributed by atoms with Crippen molar-refractivity contribution in [2.24, 2.45) is 5.10 Å². The van der Waals surface area contributed by atoms with Gasteiger partial charge >= 0.3 is 0 Å². The molecule has 2 rings (SSSR count). The number of nitrogens with one attached hydrogen (secondary N) is 2. The van der Waals surface area contributed by atoms with Crippen LogP contribution >= 0.6 is 0 Å². The number of amides is 2. The number of hydrazone groups is 1. The molecule has 3 N–H and O–H groups in total. The van der Waals surface area contributed by atoms with Crippen LogP contribution < -0.4 is 25.1 Å². The van der Waals surface area contributed by atoms with Crippen molar-refractivity contribution in [3.8, 4) is 17.2 Å². The lowest BCUT2D eigenvalue weighted by atomic mass is 10.1. The maximum Gasteiger partial charge on any atom is 0.271 e. The van der Waals surface area contributed by atoms with Gasteiger partial charge in [-0.1, -0.05) is 12.1 Å². The lowest BCUT2D eigenvalue weighted by molar-refractivity contribution is -0.124. The van der Waals surface area contributed by atoms with E-state index in [-0.39, 0.29) is 0 Å². The molecule has 2 aromatic rings. The molecule has 0 aliphatic heterocycles. The molecule has 2 aromatic carbocycles. The first kappa shape index (κ1) is 21.5. The van der Waals surface area contributed by atoms with E-state index in [4.69, 9.17) is 19.4 Å². The molecule has 0 fully saturated rings. The Morgan fingerprint density at radius 3 is 2.31 bits per heavy atom. The number of methoxy groups -OCH3 is 3. The standard InChI is InChI=1S/C20H21N3O6/c1-27-15-10-17(28-2)16(18(11-15)29-3)12-21-22-20(25)14-6-4-5-13(9-14)7-8-19(24)23-26/h4-12,26H,1-3H3,(H,22,25)(H,23,24)/b8-7+,21-12+. The van der Waals surface area contributed by atoms with Crippen LogP contribution in [0.5, 0.6) is 17.2 Å². The van der Waals surface area contributed by atoms with E-state index in [1.54, 1.807) is 36.4 Å². The Kier molecular flexibility index (Phi) is 7.75. The summed E-state index contributed by atoms with van der Waals surface area (Å²) in [7, 11) is 4.53. The number of benzene rings is 2. The molecule has 9 heteroatoms. The van der Waals surface area contributed by atoms with Crippen LogP contribution in [0.25, 0.3) is 6.08 Å². The topological polar surface area (TPSA) is 118 Å². The summed E-state index contributed by atoms with van der Waals surface area (Å²) >= 11 is 0. The van der Waals surface area contributed by atoms with E-state index < -0.39 is 11.8 Å². The summed E-state index contributed by atoms with van der Waals surface area (Å²) in [4.78, 5) is 23.4. The highest BCUT2D eigenvalue weighted by atomic mass is 16.5. The van der Waals surface area contributed by atoms with Crippen molar-refractivity contribution in [1.29, 1.82) is 0 Å². The summed E-state index contributed by atoms with van der Waals surface area (Å²) in [6.45, 7) is 0. The minimum atomic E-state index is -0.674. The number of hydrogen-bond donors (Lipinski definition) is 3. The summed E-state index contributed by atoms with van der Waals surface area (Å²) in [6, 6.07) is 9.87. The number of hydroxylamine groups is 1. The van der Waals surface area contributed by atoms with Gasteiger partial charge in [-0.25, -0.2) is 10.9 Å². The van der Waals surface area contributed by atoms with Gasteiger partial charge < -0.3 is 14.2 Å². The predicted molar refractivity (Wildman–Crippen MR) is 107 cm³/mol. The first-order valence-electron chi connectivity index (χ1n) is 8.38. The van der Waals surface area contributed by atoms with Crippen molar-refractivity contribution < 1.29 is 29.0 Å². The van der Waals surface area contributed by atoms with Crippen LogP contribution in [0, 0.1) is 0 Å². The molecule has 0 saturated heterocycles. The summed E-state index contributed by atoms with van der Waals surface area (Å²) in [5, 5.41) is 12.5. The highest BCUT2D eigenvalue weighted by molar-refractivity contribution is 5.96. The molecule has 0 atom stereocenters. The van der Waals surface area contributed by atoms with Crippen molar-refractivity contribution >= 4 is 24.1 Å². The molecule has 0 spiro atoms. The molecule has 0 aliphatic rings. The molecule has 0 aromatic heterocycles. The molecule has 2 amide bonds. The van der Waals surface area contributed by atoms with Crippen LogP contribution in [0.2, 0.25) is 0 Å². The number of hydrogen-bond acceptors (Lipinski definition) is 7. The Labute approximate surface area is 167 Å². The zero-order valence-corrected chi connectivity index (χ0v) is 16.1. The van der Waals surface area contributed by atoms with Crippen LogP contribution in [0.4, 0.5) is 0 Å². The van der Waals surface area contributed by atoms with Gasteiger partial charge in [0.2, 0.25) is 0 Å². The van der Waals surface area contributed by atoms with Gasteiger partial charge in [-0.15, -0.1) is 0 Å². The number of ether oxygens (including phenoxy) is 3. The van der Waals surface area contributed by atoms with Crippen molar-refractivity contribution in [3.63, 3.8) is 0 Å². The minimum Gasteiger partial charge on any atom is -0.496 e. The lowest BCUT2D eigenvalue weighted by Gasteiger charge is -2.12. The first-order chi connectivity index (χ1) is 14.0. The van der Waals surface area contributed by atoms with Crippen molar-refractivity contribution in [3.05, 3.63) is 59.2 Å². The van der Waals surface area contributed by atoms with Gasteiger partial charge in [-0.3, -0.25) is 14.8 Å². The van der Waals surface area contributed by atoms with Crippen molar-refractivity contribution in [2.45, 2.75) is 0 Å². The van der Waals surface area contributed by atoms with Gasteiger partial charge in [-0.05, 0) is 23.8 Å². The zero-order chi connectivity index (χ0) is 21.2. The van der Waals surface area contributed by atoms with Crippen molar-refractivity contribution in [2.75, 3.05) is 21.3 Å². The van der Waals surface area contributed by atoms with Gasteiger partial charge in [0, 0.05) is 23.8 Å². The summed E-state index contributed by atoms with van der Waals surface area (Å²) in [6.07, 6.45) is 4.00. The third-order valence-electron chi connectivity index (χ3n) is 3.80. The van der Waals surface area contributed by atoms with Gasteiger partial charge in [0.25, 0.3) is 11.8 Å². The van der Waals surface area contributed by atoms with E-state index in [1.165, 1.54) is 39.1 Å². The van der Waals surface area contributed by atoms with E-state index >= 15 is 0 Å². The van der Waals surface area contributed by atoms with Gasteiger partial charge in [-0.2, -0.15) is 5.10 Å². The Balaban J connectivity index is 2.16. The highest BCUT2D eigenvalue weighted by Gasteiger charge is 2.12. The van der Waals surface area contributed by atoms with Crippen LogP contribution in [0.3, 0.4) is 0 Å². The van der Waals surface area contributed by atoms with Crippen molar-refractivity contribution in [1.82, 2.24) is 10.9 Å². The third kappa shape index (κ3) is 5.81. The average molecular weight is 399 g/mol. The molecular weight excluding hydrogens is 378 g/mol. The van der Waals surface area contributed by atoms with E-state index in [2.05, 4.69) is 10.5 Å². The molecule has 152 valence electrons.